The molecule has 2 N–H and O–H groups in total. The lowest BCUT2D eigenvalue weighted by Crippen LogP contribution is -2.09. The lowest BCUT2D eigenvalue weighted by Gasteiger charge is -2.09. The van der Waals surface area contributed by atoms with Gasteiger partial charge < -0.3 is 15.2 Å². The molecule has 0 spiro atoms. The summed E-state index contributed by atoms with van der Waals surface area (Å²) < 4.78 is 2.17. The van der Waals surface area contributed by atoms with Crippen molar-refractivity contribution in [3.8, 4) is 0 Å². The summed E-state index contributed by atoms with van der Waals surface area (Å²) in [6, 6.07) is 0.566. The highest BCUT2D eigenvalue weighted by Gasteiger charge is 2.26. The summed E-state index contributed by atoms with van der Waals surface area (Å²) in [7, 11) is 0. The molecule has 2 aromatic heterocycles. The first kappa shape index (κ1) is 11.9. The van der Waals surface area contributed by atoms with E-state index in [0.717, 1.165) is 36.0 Å². The second-order valence-corrected chi connectivity index (χ2v) is 5.86. The fourth-order valence-electron chi connectivity index (χ4n) is 2.42. The van der Waals surface area contributed by atoms with E-state index < -0.39 is 0 Å². The molecule has 0 saturated heterocycles. The smallest absolute Gasteiger partial charge is 0.226 e. The molecule has 106 valence electrons. The van der Waals surface area contributed by atoms with E-state index in [4.69, 9.17) is 0 Å². The second kappa shape index (κ2) is 4.61. The highest BCUT2D eigenvalue weighted by Crippen LogP contribution is 2.33. The monoisotopic (exact) mass is 272 g/mol. The van der Waals surface area contributed by atoms with Crippen molar-refractivity contribution in [2.45, 2.75) is 45.2 Å². The Balaban J connectivity index is 1.75. The fourth-order valence-corrected chi connectivity index (χ4v) is 2.42. The summed E-state index contributed by atoms with van der Waals surface area (Å²) in [5.74, 6) is 2.38. The molecule has 0 unspecified atom stereocenters. The number of nitrogens with one attached hydrogen (secondary N) is 2. The zero-order valence-electron chi connectivity index (χ0n) is 11.8. The molecule has 0 bridgehead atoms. The number of aromatic nitrogens is 4. The van der Waals surface area contributed by atoms with Crippen LogP contribution < -0.4 is 10.6 Å². The lowest BCUT2D eigenvalue weighted by atomic mass is 10.4. The van der Waals surface area contributed by atoms with E-state index in [2.05, 4.69) is 37.1 Å². The summed E-state index contributed by atoms with van der Waals surface area (Å²) in [5.41, 5.74) is 1.85. The van der Waals surface area contributed by atoms with E-state index >= 15 is 0 Å². The highest BCUT2D eigenvalue weighted by molar-refractivity contribution is 5.84. The Morgan fingerprint density at radius 3 is 2.80 bits per heavy atom. The molecule has 6 nitrogen and oxygen atoms in total. The number of hydrogen-bond donors (Lipinski definition) is 2. The maximum Gasteiger partial charge on any atom is 0.226 e. The fraction of sp³-hybridized carbons (Fsp3) is 0.643. The van der Waals surface area contributed by atoms with Crippen LogP contribution in [0.2, 0.25) is 0 Å². The van der Waals surface area contributed by atoms with Crippen LogP contribution in [-0.2, 0) is 6.54 Å². The maximum absolute atomic E-state index is 4.63. The normalized spacial score (nSPS) is 18.4. The van der Waals surface area contributed by atoms with Crippen LogP contribution in [0, 0.1) is 5.92 Å². The molecule has 2 heterocycles. The van der Waals surface area contributed by atoms with E-state index in [1.165, 1.54) is 25.7 Å². The topological polar surface area (TPSA) is 67.7 Å². The predicted octanol–water partition coefficient (Wildman–Crippen LogP) is 2.24. The van der Waals surface area contributed by atoms with Crippen LogP contribution in [0.25, 0.3) is 11.2 Å². The van der Waals surface area contributed by atoms with Gasteiger partial charge in [-0.1, -0.05) is 0 Å². The largest absolute Gasteiger partial charge is 0.365 e. The first-order valence-corrected chi connectivity index (χ1v) is 7.56. The summed E-state index contributed by atoms with van der Waals surface area (Å²) in [6.07, 6.45) is 7.02. The molecule has 2 fully saturated rings. The molecule has 20 heavy (non-hydrogen) atoms. The molecule has 0 aromatic carbocycles. The van der Waals surface area contributed by atoms with Crippen molar-refractivity contribution in [3.63, 3.8) is 0 Å². The molecule has 2 aliphatic carbocycles. The van der Waals surface area contributed by atoms with Crippen LogP contribution in [-0.4, -0.2) is 32.1 Å². The molecule has 0 radical (unpaired) electrons. The molecular weight excluding hydrogens is 252 g/mol. The van der Waals surface area contributed by atoms with Gasteiger partial charge in [0, 0.05) is 19.1 Å². The lowest BCUT2D eigenvalue weighted by molar-refractivity contribution is 0.638. The van der Waals surface area contributed by atoms with Crippen molar-refractivity contribution in [2.75, 3.05) is 17.2 Å². The van der Waals surface area contributed by atoms with Gasteiger partial charge in [0.25, 0.3) is 0 Å². The maximum atomic E-state index is 4.63. The van der Waals surface area contributed by atoms with Crippen LogP contribution in [0.15, 0.2) is 6.33 Å². The first-order chi connectivity index (χ1) is 9.83. The van der Waals surface area contributed by atoms with Crippen molar-refractivity contribution in [3.05, 3.63) is 6.33 Å². The van der Waals surface area contributed by atoms with Crippen molar-refractivity contribution >= 4 is 22.9 Å². The van der Waals surface area contributed by atoms with Crippen LogP contribution in [0.5, 0.6) is 0 Å². The molecule has 0 aliphatic heterocycles. The zero-order chi connectivity index (χ0) is 13.5. The first-order valence-electron chi connectivity index (χ1n) is 7.56. The average molecular weight is 272 g/mol. The van der Waals surface area contributed by atoms with Crippen LogP contribution >= 0.6 is 0 Å². The molecule has 4 rings (SSSR count). The molecule has 6 heteroatoms. The Morgan fingerprint density at radius 1 is 1.25 bits per heavy atom. The van der Waals surface area contributed by atoms with Gasteiger partial charge in [0.05, 0.1) is 6.33 Å². The second-order valence-electron chi connectivity index (χ2n) is 5.86. The SMILES string of the molecule is CCNc1nc(NC2CC2)c2ncn(CC3CC3)c2n1. The van der Waals surface area contributed by atoms with Crippen molar-refractivity contribution < 1.29 is 0 Å². The summed E-state index contributed by atoms with van der Waals surface area (Å²) >= 11 is 0. The van der Waals surface area contributed by atoms with Gasteiger partial charge in [0.2, 0.25) is 5.95 Å². The Kier molecular flexibility index (Phi) is 2.75. The predicted molar refractivity (Wildman–Crippen MR) is 78.9 cm³/mol. The number of hydrogen-bond acceptors (Lipinski definition) is 5. The zero-order valence-corrected chi connectivity index (χ0v) is 11.8. The summed E-state index contributed by atoms with van der Waals surface area (Å²) in [4.78, 5) is 13.7. The summed E-state index contributed by atoms with van der Waals surface area (Å²) in [6.45, 7) is 3.91. The number of nitrogens with zero attached hydrogens (tertiary/aromatic N) is 4. The van der Waals surface area contributed by atoms with E-state index in [9.17, 15) is 0 Å². The van der Waals surface area contributed by atoms with Gasteiger partial charge >= 0.3 is 0 Å². The van der Waals surface area contributed by atoms with Gasteiger partial charge in [-0.2, -0.15) is 9.97 Å². The Labute approximate surface area is 118 Å². The van der Waals surface area contributed by atoms with Gasteiger partial charge in [0.1, 0.15) is 0 Å². The number of imidazole rings is 1. The molecule has 0 atom stereocenters. The van der Waals surface area contributed by atoms with Gasteiger partial charge in [-0.05, 0) is 38.5 Å². The van der Waals surface area contributed by atoms with E-state index in [0.29, 0.717) is 12.0 Å². The van der Waals surface area contributed by atoms with Gasteiger partial charge in [-0.15, -0.1) is 0 Å². The molecule has 2 aliphatic rings. The average Bonchev–Trinajstić information content (AvgIpc) is 3.33. The molecule has 2 saturated carbocycles. The van der Waals surface area contributed by atoms with E-state index in [1.807, 2.05) is 6.33 Å². The standard InChI is InChI=1S/C14H20N6/c1-2-15-14-18-12(17-10-5-6-10)11-13(19-14)20(8-16-11)7-9-3-4-9/h8-10H,2-7H2,1H3,(H2,15,17,18,19). The number of rotatable bonds is 6. The summed E-state index contributed by atoms with van der Waals surface area (Å²) in [5, 5.41) is 6.69. The third-order valence-corrected chi connectivity index (χ3v) is 3.87. The Hall–Kier alpha value is -1.85. The van der Waals surface area contributed by atoms with Crippen molar-refractivity contribution in [1.29, 1.82) is 0 Å². The van der Waals surface area contributed by atoms with E-state index in [-0.39, 0.29) is 0 Å². The van der Waals surface area contributed by atoms with Crippen molar-refractivity contribution in [1.82, 2.24) is 19.5 Å². The number of fused-ring (bicyclic) bond motifs is 1. The molecular formula is C14H20N6. The quantitative estimate of drug-likeness (QED) is 0.844. The van der Waals surface area contributed by atoms with Crippen LogP contribution in [0.4, 0.5) is 11.8 Å². The molecule has 0 amide bonds. The minimum Gasteiger partial charge on any atom is -0.365 e. The van der Waals surface area contributed by atoms with Gasteiger partial charge in [0.15, 0.2) is 17.0 Å². The van der Waals surface area contributed by atoms with Crippen LogP contribution in [0.1, 0.15) is 32.6 Å². The minimum absolute atomic E-state index is 0.566. The highest BCUT2D eigenvalue weighted by atomic mass is 15.2. The van der Waals surface area contributed by atoms with Gasteiger partial charge in [-0.25, -0.2) is 4.98 Å². The van der Waals surface area contributed by atoms with Crippen molar-refractivity contribution in [2.24, 2.45) is 5.92 Å². The Bertz CT molecular complexity index is 626. The molecule has 2 aromatic rings. The minimum atomic E-state index is 0.566. The van der Waals surface area contributed by atoms with Crippen LogP contribution in [0.3, 0.4) is 0 Å². The Morgan fingerprint density at radius 2 is 2.10 bits per heavy atom. The van der Waals surface area contributed by atoms with Gasteiger partial charge in [-0.3, -0.25) is 0 Å². The third-order valence-electron chi connectivity index (χ3n) is 3.87. The van der Waals surface area contributed by atoms with E-state index in [1.54, 1.807) is 0 Å². The number of anilines is 2. The third kappa shape index (κ3) is 2.30.